The molecule has 128 valence electrons. The SMILES string of the molecule is C[C@@H](C(=O)O)[C@@H]1Cc2c(cc3c(c2O)CN([C@@H](C)C(=O)O)C3=O)O1. The van der Waals surface area contributed by atoms with Crippen LogP contribution in [0.3, 0.4) is 0 Å². The molecular weight excluding hydrogens is 318 g/mol. The van der Waals surface area contributed by atoms with Gasteiger partial charge in [-0.15, -0.1) is 0 Å². The summed E-state index contributed by atoms with van der Waals surface area (Å²) in [6, 6.07) is 0.454. The average Bonchev–Trinajstić information content (AvgIpc) is 3.09. The van der Waals surface area contributed by atoms with E-state index in [0.29, 0.717) is 11.1 Å². The van der Waals surface area contributed by atoms with Crippen LogP contribution in [0.5, 0.6) is 11.5 Å². The highest BCUT2D eigenvalue weighted by Crippen LogP contribution is 2.44. The molecule has 0 fully saturated rings. The highest BCUT2D eigenvalue weighted by Gasteiger charge is 2.40. The van der Waals surface area contributed by atoms with Gasteiger partial charge in [0.2, 0.25) is 0 Å². The van der Waals surface area contributed by atoms with Crippen molar-refractivity contribution in [2.75, 3.05) is 0 Å². The summed E-state index contributed by atoms with van der Waals surface area (Å²) in [5.74, 6) is -3.21. The second-order valence-corrected chi connectivity index (χ2v) is 6.16. The van der Waals surface area contributed by atoms with Crippen LogP contribution in [0.2, 0.25) is 0 Å². The summed E-state index contributed by atoms with van der Waals surface area (Å²) in [7, 11) is 0. The maximum Gasteiger partial charge on any atom is 0.326 e. The second kappa shape index (κ2) is 5.40. The topological polar surface area (TPSA) is 124 Å². The van der Waals surface area contributed by atoms with Crippen molar-refractivity contribution in [1.82, 2.24) is 4.90 Å². The molecule has 0 saturated carbocycles. The maximum absolute atomic E-state index is 12.4. The number of fused-ring (bicyclic) bond motifs is 2. The quantitative estimate of drug-likeness (QED) is 0.745. The number of carbonyl (C=O) groups excluding carboxylic acids is 1. The molecule has 0 unspecified atom stereocenters. The Morgan fingerprint density at radius 2 is 1.92 bits per heavy atom. The molecule has 1 amide bonds. The predicted molar refractivity (Wildman–Crippen MR) is 80.0 cm³/mol. The Labute approximate surface area is 137 Å². The van der Waals surface area contributed by atoms with Gasteiger partial charge in [0.15, 0.2) is 0 Å². The van der Waals surface area contributed by atoms with E-state index in [2.05, 4.69) is 0 Å². The van der Waals surface area contributed by atoms with Gasteiger partial charge >= 0.3 is 11.9 Å². The van der Waals surface area contributed by atoms with Gasteiger partial charge in [-0.3, -0.25) is 9.59 Å². The number of carboxylic acid groups (broad SMARTS) is 2. The number of ether oxygens (including phenoxy) is 1. The largest absolute Gasteiger partial charge is 0.507 e. The molecule has 0 aliphatic carbocycles. The second-order valence-electron chi connectivity index (χ2n) is 6.16. The van der Waals surface area contributed by atoms with E-state index >= 15 is 0 Å². The molecule has 8 heteroatoms. The number of phenols is 1. The fourth-order valence-electron chi connectivity index (χ4n) is 3.07. The van der Waals surface area contributed by atoms with Crippen LogP contribution in [-0.4, -0.2) is 50.2 Å². The Morgan fingerprint density at radius 3 is 2.50 bits per heavy atom. The molecule has 0 radical (unpaired) electrons. The van der Waals surface area contributed by atoms with E-state index in [9.17, 15) is 19.5 Å². The van der Waals surface area contributed by atoms with Crippen molar-refractivity contribution in [3.63, 3.8) is 0 Å². The molecule has 3 N–H and O–H groups in total. The number of carbonyl (C=O) groups is 3. The molecule has 2 aliphatic rings. The van der Waals surface area contributed by atoms with Crippen LogP contribution in [0, 0.1) is 5.92 Å². The van der Waals surface area contributed by atoms with Crippen LogP contribution < -0.4 is 4.74 Å². The number of aromatic hydroxyl groups is 1. The highest BCUT2D eigenvalue weighted by molar-refractivity contribution is 6.01. The van der Waals surface area contributed by atoms with Crippen molar-refractivity contribution in [2.24, 2.45) is 5.92 Å². The zero-order valence-corrected chi connectivity index (χ0v) is 13.1. The van der Waals surface area contributed by atoms with Gasteiger partial charge < -0.3 is 25.0 Å². The molecule has 2 aliphatic heterocycles. The number of benzene rings is 1. The summed E-state index contributed by atoms with van der Waals surface area (Å²) in [6.45, 7) is 2.92. The minimum absolute atomic E-state index is 0.000102. The van der Waals surface area contributed by atoms with Crippen molar-refractivity contribution < 1.29 is 34.4 Å². The molecule has 1 aromatic carbocycles. The normalized spacial score (nSPS) is 21.0. The van der Waals surface area contributed by atoms with Crippen molar-refractivity contribution in [3.8, 4) is 11.5 Å². The lowest BCUT2D eigenvalue weighted by molar-refractivity contribution is -0.144. The van der Waals surface area contributed by atoms with Gasteiger partial charge in [0.05, 0.1) is 18.0 Å². The Kier molecular flexibility index (Phi) is 3.62. The van der Waals surface area contributed by atoms with E-state index in [0.717, 1.165) is 0 Å². The summed E-state index contributed by atoms with van der Waals surface area (Å²) in [6.07, 6.45) is -0.389. The van der Waals surface area contributed by atoms with E-state index < -0.39 is 35.9 Å². The van der Waals surface area contributed by atoms with Gasteiger partial charge in [0.1, 0.15) is 23.6 Å². The monoisotopic (exact) mass is 335 g/mol. The number of nitrogens with zero attached hydrogens (tertiary/aromatic N) is 1. The number of carboxylic acids is 2. The molecule has 3 rings (SSSR count). The first kappa shape index (κ1) is 16.1. The van der Waals surface area contributed by atoms with Gasteiger partial charge in [0, 0.05) is 17.5 Å². The Balaban J connectivity index is 1.94. The summed E-state index contributed by atoms with van der Waals surface area (Å²) < 4.78 is 5.60. The molecule has 0 aromatic heterocycles. The van der Waals surface area contributed by atoms with Crippen LogP contribution in [0.25, 0.3) is 0 Å². The average molecular weight is 335 g/mol. The molecule has 2 heterocycles. The van der Waals surface area contributed by atoms with Crippen molar-refractivity contribution in [3.05, 3.63) is 22.8 Å². The Hall–Kier alpha value is -2.77. The van der Waals surface area contributed by atoms with Gasteiger partial charge in [-0.05, 0) is 19.9 Å². The van der Waals surface area contributed by atoms with Crippen LogP contribution in [-0.2, 0) is 22.6 Å². The van der Waals surface area contributed by atoms with Crippen molar-refractivity contribution in [2.45, 2.75) is 39.0 Å². The number of rotatable bonds is 4. The summed E-state index contributed by atoms with van der Waals surface area (Å²) in [5, 5.41) is 28.6. The van der Waals surface area contributed by atoms with E-state index in [1.807, 2.05) is 0 Å². The number of hydrogen-bond donors (Lipinski definition) is 3. The smallest absolute Gasteiger partial charge is 0.326 e. The number of aliphatic carboxylic acids is 2. The molecule has 1 aromatic rings. The fourth-order valence-corrected chi connectivity index (χ4v) is 3.07. The summed E-state index contributed by atoms with van der Waals surface area (Å²) >= 11 is 0. The van der Waals surface area contributed by atoms with E-state index in [1.165, 1.54) is 24.8 Å². The lowest BCUT2D eigenvalue weighted by Crippen LogP contribution is -2.38. The van der Waals surface area contributed by atoms with Gasteiger partial charge in [-0.1, -0.05) is 0 Å². The van der Waals surface area contributed by atoms with Crippen molar-refractivity contribution >= 4 is 17.8 Å². The van der Waals surface area contributed by atoms with Crippen molar-refractivity contribution in [1.29, 1.82) is 0 Å². The number of phenolic OH excluding ortho intramolecular Hbond substituents is 1. The van der Waals surface area contributed by atoms with Crippen LogP contribution >= 0.6 is 0 Å². The zero-order valence-electron chi connectivity index (χ0n) is 13.1. The lowest BCUT2D eigenvalue weighted by Gasteiger charge is -2.20. The molecule has 0 saturated heterocycles. The third kappa shape index (κ3) is 2.26. The first-order valence-corrected chi connectivity index (χ1v) is 7.53. The molecule has 8 nitrogen and oxygen atoms in total. The molecule has 0 bridgehead atoms. The number of hydrogen-bond acceptors (Lipinski definition) is 5. The van der Waals surface area contributed by atoms with E-state index in [4.69, 9.17) is 14.9 Å². The van der Waals surface area contributed by atoms with Crippen LogP contribution in [0.1, 0.15) is 35.3 Å². The summed E-state index contributed by atoms with van der Waals surface area (Å²) in [5.41, 5.74) is 1.02. The molecule has 0 spiro atoms. The highest BCUT2D eigenvalue weighted by atomic mass is 16.5. The van der Waals surface area contributed by atoms with E-state index in [-0.39, 0.29) is 30.0 Å². The standard InChI is InChI=1S/C16H17NO7/c1-6(15(20)21)11-4-9-12(24-11)3-8-10(13(9)18)5-17(14(8)19)7(2)16(22)23/h3,6-7,11,18H,4-5H2,1-2H3,(H,20,21)(H,22,23)/t6-,7+,11+/m1/s1. The minimum Gasteiger partial charge on any atom is -0.507 e. The fraction of sp³-hybridized carbons (Fsp3) is 0.438. The number of amides is 1. The van der Waals surface area contributed by atoms with Gasteiger partial charge in [-0.2, -0.15) is 0 Å². The molecule has 3 atom stereocenters. The van der Waals surface area contributed by atoms with Gasteiger partial charge in [-0.25, -0.2) is 4.79 Å². The third-order valence-corrected chi connectivity index (χ3v) is 4.75. The summed E-state index contributed by atoms with van der Waals surface area (Å²) in [4.78, 5) is 35.8. The minimum atomic E-state index is -1.13. The van der Waals surface area contributed by atoms with Gasteiger partial charge in [0.25, 0.3) is 5.91 Å². The molecular formula is C16H17NO7. The van der Waals surface area contributed by atoms with E-state index in [1.54, 1.807) is 0 Å². The Bertz CT molecular complexity index is 757. The first-order valence-electron chi connectivity index (χ1n) is 7.53. The van der Waals surface area contributed by atoms with Crippen LogP contribution in [0.15, 0.2) is 6.07 Å². The Morgan fingerprint density at radius 1 is 1.25 bits per heavy atom. The third-order valence-electron chi connectivity index (χ3n) is 4.75. The molecule has 24 heavy (non-hydrogen) atoms. The van der Waals surface area contributed by atoms with Crippen LogP contribution in [0.4, 0.5) is 0 Å². The zero-order chi connectivity index (χ0) is 17.8. The predicted octanol–water partition coefficient (Wildman–Crippen LogP) is 0.845. The lowest BCUT2D eigenvalue weighted by atomic mass is 9.97. The first-order chi connectivity index (χ1) is 11.2. The maximum atomic E-state index is 12.4.